The van der Waals surface area contributed by atoms with Crippen LogP contribution in [0, 0.1) is 17.5 Å². The molecule has 6 heteroatoms. The van der Waals surface area contributed by atoms with Crippen molar-refractivity contribution < 1.29 is 17.9 Å². The zero-order valence-corrected chi connectivity index (χ0v) is 10.4. The summed E-state index contributed by atoms with van der Waals surface area (Å²) in [5.74, 6) is -2.30. The number of methoxy groups -OCH3 is 1. The Hall–Kier alpha value is -2.11. The van der Waals surface area contributed by atoms with E-state index >= 15 is 0 Å². The highest BCUT2D eigenvalue weighted by atomic mass is 19.1. The first-order valence-corrected chi connectivity index (χ1v) is 5.61. The van der Waals surface area contributed by atoms with Gasteiger partial charge in [0, 0.05) is 6.07 Å². The topological polar surface area (TPSA) is 35.0 Å². The molecular weight excluding hydrogens is 257 g/mol. The Labute approximate surface area is 108 Å². The predicted molar refractivity (Wildman–Crippen MR) is 63.3 cm³/mol. The molecule has 1 aromatic carbocycles. The summed E-state index contributed by atoms with van der Waals surface area (Å²) in [6.45, 7) is 1.71. The van der Waals surface area contributed by atoms with E-state index in [-0.39, 0.29) is 22.8 Å². The number of hydrogen-bond donors (Lipinski definition) is 0. The first-order chi connectivity index (χ1) is 9.06. The van der Waals surface area contributed by atoms with Crippen molar-refractivity contribution in [3.63, 3.8) is 0 Å². The van der Waals surface area contributed by atoms with E-state index in [9.17, 15) is 13.2 Å². The SMILES string of the molecule is CCc1nc(-c2cc(F)c(OC)cc2F)ncc1F. The molecule has 0 spiro atoms. The molecule has 1 aromatic heterocycles. The van der Waals surface area contributed by atoms with E-state index in [0.29, 0.717) is 6.42 Å². The summed E-state index contributed by atoms with van der Waals surface area (Å²) >= 11 is 0. The fourth-order valence-corrected chi connectivity index (χ4v) is 1.64. The average Bonchev–Trinajstić information content (AvgIpc) is 2.41. The van der Waals surface area contributed by atoms with Crippen LogP contribution in [0.15, 0.2) is 18.3 Å². The van der Waals surface area contributed by atoms with Gasteiger partial charge in [-0.1, -0.05) is 6.92 Å². The van der Waals surface area contributed by atoms with Gasteiger partial charge < -0.3 is 4.74 Å². The van der Waals surface area contributed by atoms with Crippen molar-refractivity contribution in [1.82, 2.24) is 9.97 Å². The Kier molecular flexibility index (Phi) is 3.69. The second kappa shape index (κ2) is 5.26. The van der Waals surface area contributed by atoms with Crippen LogP contribution in [0.1, 0.15) is 12.6 Å². The normalized spacial score (nSPS) is 10.6. The molecule has 0 unspecified atom stereocenters. The molecule has 3 nitrogen and oxygen atoms in total. The third-order valence-corrected chi connectivity index (χ3v) is 2.63. The van der Waals surface area contributed by atoms with Gasteiger partial charge >= 0.3 is 0 Å². The minimum Gasteiger partial charge on any atom is -0.494 e. The molecule has 0 fully saturated rings. The molecule has 0 saturated heterocycles. The minimum absolute atomic E-state index is 0.0581. The smallest absolute Gasteiger partial charge is 0.165 e. The minimum atomic E-state index is -0.732. The summed E-state index contributed by atoms with van der Waals surface area (Å²) in [6, 6.07) is 1.84. The van der Waals surface area contributed by atoms with Crippen molar-refractivity contribution in [3.05, 3.63) is 41.5 Å². The van der Waals surface area contributed by atoms with Crippen LogP contribution in [0.2, 0.25) is 0 Å². The van der Waals surface area contributed by atoms with Crippen molar-refractivity contribution in [1.29, 1.82) is 0 Å². The van der Waals surface area contributed by atoms with Gasteiger partial charge in [0.05, 0.1) is 24.6 Å². The second-order valence-electron chi connectivity index (χ2n) is 3.81. The largest absolute Gasteiger partial charge is 0.494 e. The molecule has 100 valence electrons. The highest BCUT2D eigenvalue weighted by Crippen LogP contribution is 2.27. The van der Waals surface area contributed by atoms with Gasteiger partial charge in [0.15, 0.2) is 23.2 Å². The van der Waals surface area contributed by atoms with Crippen LogP contribution in [0.5, 0.6) is 5.75 Å². The van der Waals surface area contributed by atoms with Crippen molar-refractivity contribution in [2.45, 2.75) is 13.3 Å². The fraction of sp³-hybridized carbons (Fsp3) is 0.231. The number of aromatic nitrogens is 2. The van der Waals surface area contributed by atoms with Crippen LogP contribution in [0.4, 0.5) is 13.2 Å². The molecule has 0 radical (unpaired) electrons. The fourth-order valence-electron chi connectivity index (χ4n) is 1.64. The number of benzene rings is 1. The molecule has 2 rings (SSSR count). The third-order valence-electron chi connectivity index (χ3n) is 2.63. The molecule has 1 heterocycles. The van der Waals surface area contributed by atoms with E-state index in [2.05, 4.69) is 14.7 Å². The van der Waals surface area contributed by atoms with Gasteiger partial charge in [-0.05, 0) is 12.5 Å². The van der Waals surface area contributed by atoms with E-state index in [1.165, 1.54) is 7.11 Å². The maximum atomic E-state index is 13.8. The lowest BCUT2D eigenvalue weighted by Crippen LogP contribution is -2.01. The highest BCUT2D eigenvalue weighted by molar-refractivity contribution is 5.57. The van der Waals surface area contributed by atoms with Gasteiger partial charge in [0.25, 0.3) is 0 Å². The molecule has 2 aromatic rings. The van der Waals surface area contributed by atoms with Gasteiger partial charge in [-0.2, -0.15) is 0 Å². The summed E-state index contributed by atoms with van der Waals surface area (Å²) in [5, 5.41) is 0. The predicted octanol–water partition coefficient (Wildman–Crippen LogP) is 3.13. The van der Waals surface area contributed by atoms with Gasteiger partial charge in [0.2, 0.25) is 0 Å². The molecule has 0 bridgehead atoms. The number of hydrogen-bond acceptors (Lipinski definition) is 3. The molecular formula is C13H11F3N2O. The van der Waals surface area contributed by atoms with Crippen LogP contribution in [-0.4, -0.2) is 17.1 Å². The lowest BCUT2D eigenvalue weighted by Gasteiger charge is -2.07. The molecule has 0 N–H and O–H groups in total. The molecule has 0 aliphatic carbocycles. The average molecular weight is 268 g/mol. The third kappa shape index (κ3) is 2.52. The number of ether oxygens (including phenoxy) is 1. The van der Waals surface area contributed by atoms with Crippen LogP contribution in [0.3, 0.4) is 0 Å². The van der Waals surface area contributed by atoms with E-state index in [1.807, 2.05) is 0 Å². The van der Waals surface area contributed by atoms with E-state index < -0.39 is 17.5 Å². The lowest BCUT2D eigenvalue weighted by atomic mass is 10.1. The van der Waals surface area contributed by atoms with Gasteiger partial charge in [-0.25, -0.2) is 23.1 Å². The Bertz CT molecular complexity index is 617. The standard InChI is InChI=1S/C13H11F3N2O/c1-3-11-10(16)6-17-13(18-11)7-4-9(15)12(19-2)5-8(7)14/h4-6H,3H2,1-2H3. The first kappa shape index (κ1) is 13.3. The molecule has 0 amide bonds. The van der Waals surface area contributed by atoms with E-state index in [4.69, 9.17) is 0 Å². The quantitative estimate of drug-likeness (QED) is 0.857. The molecule has 0 saturated carbocycles. The lowest BCUT2D eigenvalue weighted by molar-refractivity contribution is 0.383. The van der Waals surface area contributed by atoms with Crippen molar-refractivity contribution in [2.24, 2.45) is 0 Å². The van der Waals surface area contributed by atoms with Gasteiger partial charge in [-0.15, -0.1) is 0 Å². The molecule has 0 atom stereocenters. The summed E-state index contributed by atoms with van der Waals surface area (Å²) in [4.78, 5) is 7.57. The summed E-state index contributed by atoms with van der Waals surface area (Å²) < 4.78 is 45.3. The van der Waals surface area contributed by atoms with Crippen LogP contribution in [-0.2, 0) is 6.42 Å². The van der Waals surface area contributed by atoms with Crippen LogP contribution >= 0.6 is 0 Å². The molecule has 0 aliphatic heterocycles. The van der Waals surface area contributed by atoms with Crippen molar-refractivity contribution >= 4 is 0 Å². The second-order valence-corrected chi connectivity index (χ2v) is 3.81. The number of rotatable bonds is 3. The first-order valence-electron chi connectivity index (χ1n) is 5.61. The Balaban J connectivity index is 2.56. The summed E-state index contributed by atoms with van der Waals surface area (Å²) in [6.07, 6.45) is 1.28. The summed E-state index contributed by atoms with van der Waals surface area (Å²) in [5.41, 5.74) is 0.0219. The van der Waals surface area contributed by atoms with E-state index in [1.54, 1.807) is 6.92 Å². The zero-order valence-electron chi connectivity index (χ0n) is 10.4. The number of aryl methyl sites for hydroxylation is 1. The van der Waals surface area contributed by atoms with Crippen LogP contribution in [0.25, 0.3) is 11.4 Å². The van der Waals surface area contributed by atoms with Crippen LogP contribution < -0.4 is 4.74 Å². The highest BCUT2D eigenvalue weighted by Gasteiger charge is 2.15. The number of nitrogens with zero attached hydrogens (tertiary/aromatic N) is 2. The maximum absolute atomic E-state index is 13.8. The molecule has 19 heavy (non-hydrogen) atoms. The van der Waals surface area contributed by atoms with Crippen molar-refractivity contribution in [2.75, 3.05) is 7.11 Å². The Morgan fingerprint density at radius 2 is 1.84 bits per heavy atom. The van der Waals surface area contributed by atoms with Gasteiger partial charge in [-0.3, -0.25) is 0 Å². The maximum Gasteiger partial charge on any atom is 0.165 e. The van der Waals surface area contributed by atoms with E-state index in [0.717, 1.165) is 18.3 Å². The number of halogens is 3. The van der Waals surface area contributed by atoms with Gasteiger partial charge in [0.1, 0.15) is 5.82 Å². The molecule has 0 aliphatic rings. The van der Waals surface area contributed by atoms with Crippen molar-refractivity contribution in [3.8, 4) is 17.1 Å². The zero-order chi connectivity index (χ0) is 14.0. The Morgan fingerprint density at radius 1 is 1.11 bits per heavy atom. The Morgan fingerprint density at radius 3 is 2.47 bits per heavy atom. The summed E-state index contributed by atoms with van der Waals surface area (Å²) in [7, 11) is 1.24. The monoisotopic (exact) mass is 268 g/mol.